The molecule has 7 heteroatoms. The van der Waals surface area contributed by atoms with Crippen molar-refractivity contribution in [3.8, 4) is 0 Å². The van der Waals surface area contributed by atoms with Crippen molar-refractivity contribution in [2.75, 3.05) is 6.61 Å². The molecule has 126 valence electrons. The summed E-state index contributed by atoms with van der Waals surface area (Å²) in [6, 6.07) is 3.49. The molecule has 0 spiro atoms. The Morgan fingerprint density at radius 1 is 1.35 bits per heavy atom. The lowest BCUT2D eigenvalue weighted by Gasteiger charge is -2.36. The Hall–Kier alpha value is -0.693. The lowest BCUT2D eigenvalue weighted by Crippen LogP contribution is -2.41. The van der Waals surface area contributed by atoms with Crippen LogP contribution in [0.15, 0.2) is 27.6 Å². The van der Waals surface area contributed by atoms with Crippen molar-refractivity contribution in [2.24, 2.45) is 0 Å². The summed E-state index contributed by atoms with van der Waals surface area (Å²) in [6.07, 6.45) is 1.67. The van der Waals surface area contributed by atoms with Gasteiger partial charge in [0.2, 0.25) is 0 Å². The first-order valence-electron chi connectivity index (χ1n) is 7.51. The number of pyridine rings is 2. The van der Waals surface area contributed by atoms with Gasteiger partial charge in [-0.1, -0.05) is 32.4 Å². The van der Waals surface area contributed by atoms with E-state index in [0.717, 1.165) is 10.9 Å². The van der Waals surface area contributed by atoms with Gasteiger partial charge in [0.25, 0.3) is 5.56 Å². The summed E-state index contributed by atoms with van der Waals surface area (Å²) >= 11 is 9.31. The van der Waals surface area contributed by atoms with Crippen LogP contribution in [0.5, 0.6) is 0 Å². The van der Waals surface area contributed by atoms with E-state index in [0.29, 0.717) is 22.8 Å². The predicted octanol–water partition coefficient (Wildman–Crippen LogP) is 4.83. The zero-order chi connectivity index (χ0) is 17.4. The number of hydrogen-bond acceptors (Lipinski definition) is 3. The molecular formula is C16H22BrClN2O2Si. The first-order valence-corrected chi connectivity index (χ1v) is 11.6. The van der Waals surface area contributed by atoms with Crippen LogP contribution in [0.3, 0.4) is 0 Å². The minimum Gasteiger partial charge on any atom is -0.415 e. The van der Waals surface area contributed by atoms with E-state index in [1.54, 1.807) is 22.9 Å². The molecule has 0 saturated heterocycles. The van der Waals surface area contributed by atoms with Crippen molar-refractivity contribution in [3.63, 3.8) is 0 Å². The lowest BCUT2D eigenvalue weighted by molar-refractivity contribution is 0.272. The van der Waals surface area contributed by atoms with Gasteiger partial charge in [-0.2, -0.15) is 0 Å². The highest BCUT2D eigenvalue weighted by Gasteiger charge is 2.36. The monoisotopic (exact) mass is 416 g/mol. The van der Waals surface area contributed by atoms with E-state index in [9.17, 15) is 4.79 Å². The zero-order valence-electron chi connectivity index (χ0n) is 14.1. The summed E-state index contributed by atoms with van der Waals surface area (Å²) < 4.78 is 8.40. The molecule has 2 aromatic rings. The number of hydrogen-bond donors (Lipinski definition) is 0. The van der Waals surface area contributed by atoms with Crippen LogP contribution in [-0.2, 0) is 11.0 Å². The predicted molar refractivity (Wildman–Crippen MR) is 102 cm³/mol. The van der Waals surface area contributed by atoms with Gasteiger partial charge in [0.15, 0.2) is 8.32 Å². The zero-order valence-corrected chi connectivity index (χ0v) is 17.5. The number of fused-ring (bicyclic) bond motifs is 1. The smallest absolute Gasteiger partial charge is 0.265 e. The summed E-state index contributed by atoms with van der Waals surface area (Å²) in [5, 5.41) is 1.39. The van der Waals surface area contributed by atoms with Crippen LogP contribution in [-0.4, -0.2) is 24.5 Å². The average molecular weight is 418 g/mol. The molecule has 0 aromatic carbocycles. The molecule has 2 heterocycles. The first-order chi connectivity index (χ1) is 10.5. The fourth-order valence-electron chi connectivity index (χ4n) is 2.04. The molecular weight excluding hydrogens is 396 g/mol. The Morgan fingerprint density at radius 2 is 2.00 bits per heavy atom. The average Bonchev–Trinajstić information content (AvgIpc) is 2.42. The second-order valence-corrected chi connectivity index (χ2v) is 13.2. The van der Waals surface area contributed by atoms with E-state index in [4.69, 9.17) is 16.0 Å². The maximum absolute atomic E-state index is 12.5. The Bertz CT molecular complexity index is 784. The molecule has 0 amide bonds. The van der Waals surface area contributed by atoms with Gasteiger partial charge in [0.1, 0.15) is 5.15 Å². The van der Waals surface area contributed by atoms with Crippen molar-refractivity contribution in [2.45, 2.75) is 45.4 Å². The number of rotatable bonds is 4. The highest BCUT2D eigenvalue weighted by Crippen LogP contribution is 2.36. The Kier molecular flexibility index (Phi) is 5.40. The number of nitrogens with zero attached hydrogens (tertiary/aromatic N) is 2. The van der Waals surface area contributed by atoms with Gasteiger partial charge in [-0.3, -0.25) is 4.79 Å². The fraction of sp³-hybridized carbons (Fsp3) is 0.500. The van der Waals surface area contributed by atoms with Crippen LogP contribution in [0, 0.1) is 0 Å². The third kappa shape index (κ3) is 4.05. The summed E-state index contributed by atoms with van der Waals surface area (Å²) in [5.74, 6) is 0. The minimum atomic E-state index is -1.83. The fourth-order valence-corrected chi connectivity index (χ4v) is 3.69. The Morgan fingerprint density at radius 3 is 2.61 bits per heavy atom. The summed E-state index contributed by atoms with van der Waals surface area (Å²) in [5.41, 5.74) is 0.690. The van der Waals surface area contributed by atoms with Gasteiger partial charge in [0.05, 0.1) is 16.6 Å². The quantitative estimate of drug-likeness (QED) is 0.528. The highest BCUT2D eigenvalue weighted by molar-refractivity contribution is 9.10. The number of halogens is 2. The number of aromatic nitrogens is 2. The van der Waals surface area contributed by atoms with Gasteiger partial charge in [0, 0.05) is 18.1 Å². The molecule has 0 N–H and O–H groups in total. The van der Waals surface area contributed by atoms with Crippen molar-refractivity contribution in [1.29, 1.82) is 0 Å². The van der Waals surface area contributed by atoms with E-state index in [1.807, 2.05) is 0 Å². The molecule has 0 aliphatic heterocycles. The highest BCUT2D eigenvalue weighted by atomic mass is 79.9. The molecule has 2 aromatic heterocycles. The van der Waals surface area contributed by atoms with Gasteiger partial charge >= 0.3 is 0 Å². The standard InChI is InChI=1S/C16H22BrClN2O2Si/c1-16(2,3)23(4,5)22-7-6-20-13-9-14(18)19-10-11(13)8-12(17)15(20)21/h8-10H,6-7H2,1-5H3. The Balaban J connectivity index is 2.32. The molecule has 0 aliphatic carbocycles. The maximum Gasteiger partial charge on any atom is 0.265 e. The third-order valence-electron chi connectivity index (χ3n) is 4.49. The van der Waals surface area contributed by atoms with Crippen molar-refractivity contribution < 1.29 is 4.43 Å². The molecule has 0 atom stereocenters. The first kappa shape index (κ1) is 18.6. The summed E-state index contributed by atoms with van der Waals surface area (Å²) in [4.78, 5) is 16.5. The molecule has 0 fully saturated rings. The normalized spacial score (nSPS) is 12.8. The van der Waals surface area contributed by atoms with E-state index >= 15 is 0 Å². The Labute approximate surface area is 151 Å². The van der Waals surface area contributed by atoms with Crippen LogP contribution in [0.25, 0.3) is 10.9 Å². The van der Waals surface area contributed by atoms with Crippen LogP contribution < -0.4 is 5.56 Å². The molecule has 2 rings (SSSR count). The molecule has 0 aliphatic rings. The van der Waals surface area contributed by atoms with Crippen LogP contribution in [0.1, 0.15) is 20.8 Å². The SMILES string of the molecule is CC(C)(C)[Si](C)(C)OCCn1c(=O)c(Br)cc2cnc(Cl)cc21. The lowest BCUT2D eigenvalue weighted by atomic mass is 10.2. The van der Waals surface area contributed by atoms with E-state index < -0.39 is 8.32 Å². The van der Waals surface area contributed by atoms with Crippen LogP contribution >= 0.6 is 27.5 Å². The topological polar surface area (TPSA) is 44.1 Å². The van der Waals surface area contributed by atoms with E-state index in [2.05, 4.69) is 54.8 Å². The molecule has 0 radical (unpaired) electrons. The molecule has 0 saturated carbocycles. The summed E-state index contributed by atoms with van der Waals surface area (Å²) in [6.45, 7) is 12.0. The van der Waals surface area contributed by atoms with Gasteiger partial charge in [-0.15, -0.1) is 0 Å². The molecule has 0 unspecified atom stereocenters. The third-order valence-corrected chi connectivity index (χ3v) is 9.80. The minimum absolute atomic E-state index is 0.0846. The van der Waals surface area contributed by atoms with Crippen molar-refractivity contribution in [3.05, 3.63) is 38.3 Å². The van der Waals surface area contributed by atoms with Crippen molar-refractivity contribution in [1.82, 2.24) is 9.55 Å². The second kappa shape index (κ2) is 6.67. The van der Waals surface area contributed by atoms with Gasteiger partial charge in [-0.05, 0) is 46.2 Å². The van der Waals surface area contributed by atoms with Gasteiger partial charge < -0.3 is 8.99 Å². The summed E-state index contributed by atoms with van der Waals surface area (Å²) in [7, 11) is -1.83. The molecule has 23 heavy (non-hydrogen) atoms. The molecule has 0 bridgehead atoms. The van der Waals surface area contributed by atoms with Gasteiger partial charge in [-0.25, -0.2) is 4.98 Å². The van der Waals surface area contributed by atoms with Crippen molar-refractivity contribution >= 4 is 46.8 Å². The maximum atomic E-state index is 12.5. The van der Waals surface area contributed by atoms with E-state index in [1.165, 1.54) is 0 Å². The van der Waals surface area contributed by atoms with E-state index in [-0.39, 0.29) is 10.6 Å². The molecule has 4 nitrogen and oxygen atoms in total. The second-order valence-electron chi connectivity index (χ2n) is 7.12. The van der Waals surface area contributed by atoms with Crippen LogP contribution in [0.2, 0.25) is 23.3 Å². The van der Waals surface area contributed by atoms with Crippen LogP contribution in [0.4, 0.5) is 0 Å². The largest absolute Gasteiger partial charge is 0.415 e.